The van der Waals surface area contributed by atoms with Crippen LogP contribution in [0.5, 0.6) is 0 Å². The number of nitrogens with zero attached hydrogens (tertiary/aromatic N) is 3. The lowest BCUT2D eigenvalue weighted by molar-refractivity contribution is -0.387. The van der Waals surface area contributed by atoms with E-state index in [1.165, 1.54) is 6.92 Å². The molecule has 15 heavy (non-hydrogen) atoms. The number of halogens is 2. The summed E-state index contributed by atoms with van der Waals surface area (Å²) in [6, 6.07) is 1.64. The molecule has 0 spiro atoms. The van der Waals surface area contributed by atoms with Gasteiger partial charge in [0.05, 0.1) is 10.5 Å². The van der Waals surface area contributed by atoms with Gasteiger partial charge in [-0.05, 0) is 6.92 Å². The zero-order chi connectivity index (χ0) is 11.6. The highest BCUT2D eigenvalue weighted by molar-refractivity contribution is 5.51. The summed E-state index contributed by atoms with van der Waals surface area (Å²) in [7, 11) is 0. The van der Waals surface area contributed by atoms with Crippen LogP contribution in [-0.2, 0) is 0 Å². The molecule has 0 saturated carbocycles. The van der Waals surface area contributed by atoms with E-state index < -0.39 is 22.7 Å². The van der Waals surface area contributed by atoms with Crippen molar-refractivity contribution < 1.29 is 13.7 Å². The van der Waals surface area contributed by atoms with Crippen LogP contribution >= 0.6 is 0 Å². The van der Waals surface area contributed by atoms with Crippen LogP contribution in [-0.4, -0.2) is 9.91 Å². The largest absolute Gasteiger partial charge is 0.300 e. The number of hydrogen-bond acceptors (Lipinski definition) is 4. The summed E-state index contributed by atoms with van der Waals surface area (Å²) < 4.78 is 24.7. The van der Waals surface area contributed by atoms with Gasteiger partial charge in [-0.2, -0.15) is 5.26 Å². The maximum Gasteiger partial charge on any atom is 0.300 e. The molecule has 0 aliphatic rings. The van der Waals surface area contributed by atoms with E-state index in [1.807, 2.05) is 0 Å². The number of hydrogen-bond donors (Lipinski definition) is 0. The molecule has 0 saturated heterocycles. The van der Waals surface area contributed by atoms with Crippen molar-refractivity contribution >= 4 is 5.69 Å². The lowest BCUT2D eigenvalue weighted by Crippen LogP contribution is -2.03. The van der Waals surface area contributed by atoms with Crippen molar-refractivity contribution in [2.45, 2.75) is 13.3 Å². The van der Waals surface area contributed by atoms with E-state index in [2.05, 4.69) is 4.98 Å². The van der Waals surface area contributed by atoms with Crippen LogP contribution < -0.4 is 0 Å². The summed E-state index contributed by atoms with van der Waals surface area (Å²) in [5.41, 5.74) is -1.86. The van der Waals surface area contributed by atoms with Crippen molar-refractivity contribution in [3.05, 3.63) is 33.1 Å². The minimum atomic E-state index is -3.03. The molecule has 1 aromatic rings. The average Bonchev–Trinajstić information content (AvgIpc) is 2.16. The summed E-state index contributed by atoms with van der Waals surface area (Å²) in [5, 5.41) is 19.1. The minimum absolute atomic E-state index is 0.0777. The third-order valence-electron chi connectivity index (χ3n) is 1.84. The lowest BCUT2D eigenvalue weighted by atomic mass is 10.1. The van der Waals surface area contributed by atoms with Crippen molar-refractivity contribution in [3.63, 3.8) is 0 Å². The van der Waals surface area contributed by atoms with Gasteiger partial charge in [0, 0.05) is 11.8 Å². The number of rotatable bonds is 2. The highest BCUT2D eigenvalue weighted by Crippen LogP contribution is 2.30. The minimum Gasteiger partial charge on any atom is -0.258 e. The first-order chi connectivity index (χ1) is 6.99. The van der Waals surface area contributed by atoms with Gasteiger partial charge in [0.1, 0.15) is 6.07 Å². The Morgan fingerprint density at radius 3 is 2.67 bits per heavy atom. The molecule has 1 rings (SSSR count). The molecule has 0 fully saturated rings. The van der Waals surface area contributed by atoms with E-state index in [0.717, 1.165) is 6.20 Å². The number of alkyl halides is 2. The Labute approximate surface area is 83.1 Å². The Balaban J connectivity index is 3.53. The summed E-state index contributed by atoms with van der Waals surface area (Å²) in [6.45, 7) is 1.24. The number of nitriles is 1. The van der Waals surface area contributed by atoms with Gasteiger partial charge in [0.15, 0.2) is 5.69 Å². The molecule has 0 aliphatic carbocycles. The molecule has 78 valence electrons. The third kappa shape index (κ3) is 1.88. The second-order valence-electron chi connectivity index (χ2n) is 2.70. The van der Waals surface area contributed by atoms with Gasteiger partial charge in [-0.15, -0.1) is 0 Å². The van der Waals surface area contributed by atoms with Gasteiger partial charge < -0.3 is 0 Å². The summed E-state index contributed by atoms with van der Waals surface area (Å²) in [5.74, 6) is 0. The van der Waals surface area contributed by atoms with Crippen molar-refractivity contribution in [1.82, 2.24) is 4.98 Å². The average molecular weight is 213 g/mol. The Kier molecular flexibility index (Phi) is 2.90. The maximum absolute atomic E-state index is 12.4. The molecule has 0 N–H and O–H groups in total. The number of pyridine rings is 1. The predicted octanol–water partition coefficient (Wildman–Crippen LogP) is 2.11. The Morgan fingerprint density at radius 1 is 1.67 bits per heavy atom. The Hall–Kier alpha value is -2.10. The molecule has 0 aromatic carbocycles. The highest BCUT2D eigenvalue weighted by Gasteiger charge is 2.27. The smallest absolute Gasteiger partial charge is 0.258 e. The SMILES string of the molecule is Cc1c(C#N)cnc(C(F)F)c1[N+](=O)[O-]. The van der Waals surface area contributed by atoms with E-state index in [9.17, 15) is 18.9 Å². The van der Waals surface area contributed by atoms with Crippen molar-refractivity contribution in [1.29, 1.82) is 5.26 Å². The number of nitro groups is 1. The predicted molar refractivity (Wildman–Crippen MR) is 45.3 cm³/mol. The van der Waals surface area contributed by atoms with Crippen LogP contribution in [0, 0.1) is 28.4 Å². The zero-order valence-corrected chi connectivity index (χ0v) is 7.57. The lowest BCUT2D eigenvalue weighted by Gasteiger charge is -2.04. The van der Waals surface area contributed by atoms with Crippen LogP contribution in [0.2, 0.25) is 0 Å². The van der Waals surface area contributed by atoms with Crippen molar-refractivity contribution in [2.75, 3.05) is 0 Å². The molecule has 5 nitrogen and oxygen atoms in total. The fraction of sp³-hybridized carbons (Fsp3) is 0.250. The van der Waals surface area contributed by atoms with Gasteiger partial charge in [0.2, 0.25) is 0 Å². The first-order valence-corrected chi connectivity index (χ1v) is 3.81. The van der Waals surface area contributed by atoms with Crippen LogP contribution in [0.4, 0.5) is 14.5 Å². The topological polar surface area (TPSA) is 79.8 Å². The van der Waals surface area contributed by atoms with Crippen molar-refractivity contribution in [2.24, 2.45) is 0 Å². The molecule has 0 aliphatic heterocycles. The molecule has 0 radical (unpaired) electrons. The van der Waals surface area contributed by atoms with Crippen LogP contribution in [0.15, 0.2) is 6.20 Å². The van der Waals surface area contributed by atoms with Crippen LogP contribution in [0.3, 0.4) is 0 Å². The summed E-state index contributed by atoms with van der Waals surface area (Å²) in [4.78, 5) is 12.8. The highest BCUT2D eigenvalue weighted by atomic mass is 19.3. The Bertz CT molecular complexity index is 454. The first kappa shape index (κ1) is 11.0. The Morgan fingerprint density at radius 2 is 2.27 bits per heavy atom. The third-order valence-corrected chi connectivity index (χ3v) is 1.84. The van der Waals surface area contributed by atoms with Crippen molar-refractivity contribution in [3.8, 4) is 6.07 Å². The standard InChI is InChI=1S/C8H5F2N3O2/c1-4-5(2-11)3-12-6(8(9)10)7(4)13(14)15/h3,8H,1H3. The molecule has 0 amide bonds. The first-order valence-electron chi connectivity index (χ1n) is 3.81. The van der Waals surface area contributed by atoms with E-state index in [0.29, 0.717) is 0 Å². The summed E-state index contributed by atoms with van der Waals surface area (Å²) in [6.07, 6.45) is -2.12. The van der Waals surface area contributed by atoms with Gasteiger partial charge in [-0.1, -0.05) is 0 Å². The monoisotopic (exact) mass is 213 g/mol. The zero-order valence-electron chi connectivity index (χ0n) is 7.57. The molecule has 0 bridgehead atoms. The van der Waals surface area contributed by atoms with Gasteiger partial charge in [0.25, 0.3) is 6.43 Å². The number of aromatic nitrogens is 1. The van der Waals surface area contributed by atoms with E-state index in [-0.39, 0.29) is 11.1 Å². The fourth-order valence-corrected chi connectivity index (χ4v) is 1.11. The van der Waals surface area contributed by atoms with E-state index in [1.54, 1.807) is 6.07 Å². The second kappa shape index (κ2) is 3.96. The second-order valence-corrected chi connectivity index (χ2v) is 2.70. The molecular weight excluding hydrogens is 208 g/mol. The summed E-state index contributed by atoms with van der Waals surface area (Å²) >= 11 is 0. The van der Waals surface area contributed by atoms with E-state index >= 15 is 0 Å². The quantitative estimate of drug-likeness (QED) is 0.556. The van der Waals surface area contributed by atoms with Gasteiger partial charge in [-0.25, -0.2) is 13.8 Å². The normalized spacial score (nSPS) is 10.1. The fourth-order valence-electron chi connectivity index (χ4n) is 1.11. The van der Waals surface area contributed by atoms with Gasteiger partial charge >= 0.3 is 5.69 Å². The maximum atomic E-state index is 12.4. The molecule has 1 aromatic heterocycles. The van der Waals surface area contributed by atoms with Crippen LogP contribution in [0.1, 0.15) is 23.2 Å². The van der Waals surface area contributed by atoms with Crippen LogP contribution in [0.25, 0.3) is 0 Å². The molecule has 1 heterocycles. The molecular formula is C8H5F2N3O2. The molecule has 0 atom stereocenters. The molecule has 0 unspecified atom stereocenters. The van der Waals surface area contributed by atoms with Gasteiger partial charge in [-0.3, -0.25) is 10.1 Å². The van der Waals surface area contributed by atoms with E-state index in [4.69, 9.17) is 5.26 Å². The molecule has 7 heteroatoms.